The van der Waals surface area contributed by atoms with E-state index < -0.39 is 34.2 Å². The highest BCUT2D eigenvalue weighted by atomic mass is 28.5. The van der Waals surface area contributed by atoms with Crippen LogP contribution >= 0.6 is 0 Å². The van der Waals surface area contributed by atoms with Gasteiger partial charge in [0.1, 0.15) is 5.76 Å². The van der Waals surface area contributed by atoms with Crippen molar-refractivity contribution in [1.29, 1.82) is 0 Å². The Morgan fingerprint density at radius 1 is 0.903 bits per heavy atom. The number of hydrogen-bond donors (Lipinski definition) is 2. The molecule has 0 aliphatic rings. The molecule has 0 saturated carbocycles. The molecule has 180 valence electrons. The maximum absolute atomic E-state index is 6.67. The molecular weight excluding hydrogens is 465 g/mol. The van der Waals surface area contributed by atoms with Gasteiger partial charge in [-0.05, 0) is 70.4 Å². The first-order valence-electron chi connectivity index (χ1n) is 10.6. The summed E-state index contributed by atoms with van der Waals surface area (Å²) in [5.41, 5.74) is 0. The molecule has 0 amide bonds. The van der Waals surface area contributed by atoms with Crippen molar-refractivity contribution in [2.45, 2.75) is 64.8 Å². The van der Waals surface area contributed by atoms with Crippen molar-refractivity contribution in [3.63, 3.8) is 0 Å². The zero-order valence-corrected chi connectivity index (χ0v) is 24.7. The number of furan rings is 1. The van der Waals surface area contributed by atoms with Crippen LogP contribution in [0.25, 0.3) is 0 Å². The topological polar surface area (TPSA) is 83.4 Å². The molecule has 0 aliphatic carbocycles. The third-order valence-electron chi connectivity index (χ3n) is 4.60. The standard InChI is InChI=1S/C19H42N2O6Si4/c1-18(21-17-19-13-11-15-24-19)20-14-12-16-31(10,26-29(6,7)23-3)27-30(8,9)25-28(4,5)22-2/h11,13,15,20-21H,1,12,14,16-17H2,2-10H3. The van der Waals surface area contributed by atoms with Gasteiger partial charge < -0.3 is 36.2 Å². The van der Waals surface area contributed by atoms with Gasteiger partial charge in [-0.15, -0.1) is 0 Å². The lowest BCUT2D eigenvalue weighted by Crippen LogP contribution is -2.58. The second-order valence-corrected chi connectivity index (χ2v) is 23.4. The van der Waals surface area contributed by atoms with E-state index in [2.05, 4.69) is 36.9 Å². The molecule has 8 nitrogen and oxygen atoms in total. The molecule has 1 heterocycles. The maximum Gasteiger partial charge on any atom is 0.322 e. The SMILES string of the molecule is C=C(NCCC[Si](C)(O[Si](C)(C)OC)O[Si](C)(C)O[Si](C)(C)OC)NCc1ccco1. The van der Waals surface area contributed by atoms with Gasteiger partial charge in [-0.25, -0.2) is 0 Å². The Balaban J connectivity index is 2.64. The molecule has 1 rings (SSSR count). The monoisotopic (exact) mass is 506 g/mol. The fourth-order valence-corrected chi connectivity index (χ4v) is 19.6. The first-order chi connectivity index (χ1) is 14.2. The molecule has 0 fully saturated rings. The molecule has 0 spiro atoms. The summed E-state index contributed by atoms with van der Waals surface area (Å²) < 4.78 is 36.1. The fraction of sp³-hybridized carbons (Fsp3) is 0.684. The molecule has 1 aromatic heterocycles. The van der Waals surface area contributed by atoms with Gasteiger partial charge >= 0.3 is 34.2 Å². The minimum Gasteiger partial charge on any atom is -0.467 e. The average molecular weight is 507 g/mol. The average Bonchev–Trinajstić information content (AvgIpc) is 3.15. The molecule has 0 radical (unpaired) electrons. The van der Waals surface area contributed by atoms with E-state index in [1.807, 2.05) is 38.3 Å². The van der Waals surface area contributed by atoms with Crippen LogP contribution in [0.4, 0.5) is 0 Å². The molecule has 0 saturated heterocycles. The van der Waals surface area contributed by atoms with Gasteiger partial charge in [0.25, 0.3) is 0 Å². The van der Waals surface area contributed by atoms with Crippen molar-refractivity contribution in [3.05, 3.63) is 36.6 Å². The van der Waals surface area contributed by atoms with Crippen LogP contribution < -0.4 is 10.6 Å². The van der Waals surface area contributed by atoms with Crippen molar-refractivity contribution in [3.8, 4) is 0 Å². The van der Waals surface area contributed by atoms with Gasteiger partial charge in [-0.2, -0.15) is 0 Å². The van der Waals surface area contributed by atoms with Crippen molar-refractivity contribution < 1.29 is 25.6 Å². The molecule has 12 heteroatoms. The third-order valence-corrected chi connectivity index (χ3v) is 19.1. The Morgan fingerprint density at radius 2 is 1.48 bits per heavy atom. The third kappa shape index (κ3) is 11.6. The minimum absolute atomic E-state index is 0.599. The number of nitrogens with one attached hydrogen (secondary N) is 2. The van der Waals surface area contributed by atoms with Gasteiger partial charge in [-0.1, -0.05) is 6.58 Å². The highest BCUT2D eigenvalue weighted by Crippen LogP contribution is 2.28. The van der Waals surface area contributed by atoms with Crippen LogP contribution in [0, 0.1) is 0 Å². The van der Waals surface area contributed by atoms with E-state index in [1.54, 1.807) is 20.5 Å². The van der Waals surface area contributed by atoms with Gasteiger partial charge in [0.05, 0.1) is 18.6 Å². The minimum atomic E-state index is -2.55. The predicted octanol–water partition coefficient (Wildman–Crippen LogP) is 4.34. The molecule has 1 unspecified atom stereocenters. The molecular formula is C19H42N2O6Si4. The van der Waals surface area contributed by atoms with E-state index in [0.29, 0.717) is 6.54 Å². The molecule has 1 aromatic rings. The summed E-state index contributed by atoms with van der Waals surface area (Å²) in [6.45, 7) is 19.8. The number of hydrogen-bond acceptors (Lipinski definition) is 8. The van der Waals surface area contributed by atoms with Crippen molar-refractivity contribution in [2.75, 3.05) is 20.8 Å². The summed E-state index contributed by atoms with van der Waals surface area (Å²) >= 11 is 0. The summed E-state index contributed by atoms with van der Waals surface area (Å²) in [5, 5.41) is 6.53. The highest BCUT2D eigenvalue weighted by Gasteiger charge is 2.46. The normalized spacial score (nSPS) is 14.9. The summed E-state index contributed by atoms with van der Waals surface area (Å²) in [7, 11) is -6.11. The van der Waals surface area contributed by atoms with Gasteiger partial charge in [0.2, 0.25) is 0 Å². The maximum atomic E-state index is 6.67. The lowest BCUT2D eigenvalue weighted by Gasteiger charge is -2.41. The molecule has 0 aliphatic heterocycles. The van der Waals surface area contributed by atoms with E-state index in [-0.39, 0.29) is 0 Å². The Morgan fingerprint density at radius 3 is 2.03 bits per heavy atom. The molecule has 31 heavy (non-hydrogen) atoms. The Kier molecular flexibility index (Phi) is 10.9. The second kappa shape index (κ2) is 11.9. The summed E-state index contributed by atoms with van der Waals surface area (Å²) in [5.74, 6) is 1.63. The molecule has 1 atom stereocenters. The van der Waals surface area contributed by atoms with Crippen molar-refractivity contribution >= 4 is 34.2 Å². The first kappa shape index (κ1) is 28.3. The van der Waals surface area contributed by atoms with Gasteiger partial charge in [0, 0.05) is 20.8 Å². The highest BCUT2D eigenvalue weighted by molar-refractivity contribution is 6.87. The van der Waals surface area contributed by atoms with Gasteiger partial charge in [0.15, 0.2) is 0 Å². The predicted molar refractivity (Wildman–Crippen MR) is 133 cm³/mol. The summed E-state index contributed by atoms with van der Waals surface area (Å²) in [4.78, 5) is 0. The lowest BCUT2D eigenvalue weighted by atomic mass is 10.4. The van der Waals surface area contributed by atoms with Crippen LogP contribution in [-0.2, 0) is 27.7 Å². The number of rotatable bonds is 16. The van der Waals surface area contributed by atoms with Crippen LogP contribution in [0.3, 0.4) is 0 Å². The summed E-state index contributed by atoms with van der Waals surface area (Å²) in [6, 6.07) is 4.61. The van der Waals surface area contributed by atoms with Crippen LogP contribution in [-0.4, -0.2) is 55.0 Å². The zero-order valence-electron chi connectivity index (χ0n) is 20.7. The van der Waals surface area contributed by atoms with E-state index in [9.17, 15) is 0 Å². The van der Waals surface area contributed by atoms with Crippen LogP contribution in [0.2, 0.25) is 51.9 Å². The smallest absolute Gasteiger partial charge is 0.322 e. The van der Waals surface area contributed by atoms with Crippen LogP contribution in [0.15, 0.2) is 35.2 Å². The van der Waals surface area contributed by atoms with Crippen LogP contribution in [0.5, 0.6) is 0 Å². The second-order valence-electron chi connectivity index (χ2n) is 8.99. The van der Waals surface area contributed by atoms with Crippen molar-refractivity contribution in [2.24, 2.45) is 0 Å². The summed E-state index contributed by atoms with van der Waals surface area (Å²) in [6.07, 6.45) is 2.54. The van der Waals surface area contributed by atoms with Crippen LogP contribution in [0.1, 0.15) is 12.2 Å². The first-order valence-corrected chi connectivity index (χ1v) is 21.6. The molecule has 0 aromatic carbocycles. The van der Waals surface area contributed by atoms with E-state index in [4.69, 9.17) is 25.6 Å². The Labute approximate surface area is 192 Å². The largest absolute Gasteiger partial charge is 0.467 e. The van der Waals surface area contributed by atoms with E-state index in [1.165, 1.54) is 0 Å². The quantitative estimate of drug-likeness (QED) is 0.253. The van der Waals surface area contributed by atoms with E-state index in [0.717, 1.165) is 30.6 Å². The lowest BCUT2D eigenvalue weighted by molar-refractivity contribution is 0.242. The van der Waals surface area contributed by atoms with E-state index >= 15 is 0 Å². The van der Waals surface area contributed by atoms with Crippen molar-refractivity contribution in [1.82, 2.24) is 10.6 Å². The Bertz CT molecular complexity index is 672. The molecule has 2 N–H and O–H groups in total. The van der Waals surface area contributed by atoms with Gasteiger partial charge in [-0.3, -0.25) is 0 Å². The zero-order chi connectivity index (χ0) is 23.8. The Hall–Kier alpha value is -0.712. The fourth-order valence-electron chi connectivity index (χ4n) is 3.18. The molecule has 0 bridgehead atoms.